The van der Waals surface area contributed by atoms with Crippen LogP contribution in [0.3, 0.4) is 0 Å². The number of aryl methyl sites for hydroxylation is 1. The summed E-state index contributed by atoms with van der Waals surface area (Å²) < 4.78 is 0.619. The fraction of sp³-hybridized carbons (Fsp3) is 0.533. The number of carbonyl (C=O) groups is 1. The number of rotatable bonds is 2. The lowest BCUT2D eigenvalue weighted by Crippen LogP contribution is -2.38. The third kappa shape index (κ3) is 2.27. The van der Waals surface area contributed by atoms with E-state index >= 15 is 0 Å². The molecule has 0 aliphatic heterocycles. The van der Waals surface area contributed by atoms with Gasteiger partial charge in [-0.2, -0.15) is 0 Å². The first-order chi connectivity index (χ1) is 8.90. The highest BCUT2D eigenvalue weighted by Gasteiger charge is 2.43. The zero-order valence-corrected chi connectivity index (χ0v) is 12.9. The van der Waals surface area contributed by atoms with Crippen molar-refractivity contribution >= 4 is 21.9 Å². The second kappa shape index (κ2) is 5.16. The molecule has 2 N–H and O–H groups in total. The van der Waals surface area contributed by atoms with Gasteiger partial charge in [0.25, 0.3) is 0 Å². The molecule has 0 unspecified atom stereocenters. The second-order valence-electron chi connectivity index (χ2n) is 5.48. The molecule has 0 radical (unpaired) electrons. The molecule has 0 atom stereocenters. The lowest BCUT2D eigenvalue weighted by Gasteiger charge is -2.34. The highest BCUT2D eigenvalue weighted by molar-refractivity contribution is 9.10. The summed E-state index contributed by atoms with van der Waals surface area (Å²) in [6, 6.07) is 1.84. The Morgan fingerprint density at radius 3 is 2.37 bits per heavy atom. The molecule has 1 aromatic rings. The molecular formula is C15H19BrO3. The molecule has 0 saturated heterocycles. The molecule has 0 spiro atoms. The summed E-state index contributed by atoms with van der Waals surface area (Å²) in [5.41, 5.74) is 1.60. The maximum Gasteiger partial charge on any atom is 0.314 e. The standard InChI is InChI=1S/C15H19BrO3/c1-9-8-11(13(17)12(16)10(9)2)15(14(18)19)6-4-3-5-7-15/h8,17H,3-7H2,1-2H3,(H,18,19). The van der Waals surface area contributed by atoms with Crippen LogP contribution in [-0.4, -0.2) is 16.2 Å². The van der Waals surface area contributed by atoms with E-state index in [0.29, 0.717) is 22.9 Å². The number of carboxylic acids is 1. The highest BCUT2D eigenvalue weighted by Crippen LogP contribution is 2.46. The van der Waals surface area contributed by atoms with Gasteiger partial charge in [-0.1, -0.05) is 25.3 Å². The Morgan fingerprint density at radius 2 is 1.84 bits per heavy atom. The molecule has 1 saturated carbocycles. The first-order valence-corrected chi connectivity index (χ1v) is 7.42. The largest absolute Gasteiger partial charge is 0.506 e. The van der Waals surface area contributed by atoms with E-state index in [1.54, 1.807) is 0 Å². The minimum absolute atomic E-state index is 0.0902. The molecule has 104 valence electrons. The topological polar surface area (TPSA) is 57.5 Å². The summed E-state index contributed by atoms with van der Waals surface area (Å²) in [6.07, 6.45) is 4.07. The number of benzene rings is 1. The van der Waals surface area contributed by atoms with Crippen LogP contribution in [0.25, 0.3) is 0 Å². The van der Waals surface area contributed by atoms with E-state index in [0.717, 1.165) is 30.4 Å². The minimum Gasteiger partial charge on any atom is -0.506 e. The van der Waals surface area contributed by atoms with Crippen LogP contribution in [-0.2, 0) is 10.2 Å². The van der Waals surface area contributed by atoms with E-state index in [9.17, 15) is 15.0 Å². The van der Waals surface area contributed by atoms with Crippen molar-refractivity contribution in [2.24, 2.45) is 0 Å². The zero-order chi connectivity index (χ0) is 14.2. The van der Waals surface area contributed by atoms with Crippen LogP contribution < -0.4 is 0 Å². The molecule has 0 amide bonds. The van der Waals surface area contributed by atoms with Gasteiger partial charge in [0.2, 0.25) is 0 Å². The lowest BCUT2D eigenvalue weighted by molar-refractivity contribution is -0.145. The van der Waals surface area contributed by atoms with Crippen LogP contribution >= 0.6 is 15.9 Å². The predicted molar refractivity (Wildman–Crippen MR) is 77.7 cm³/mol. The summed E-state index contributed by atoms with van der Waals surface area (Å²) in [6.45, 7) is 3.86. The maximum atomic E-state index is 11.8. The first kappa shape index (κ1) is 14.4. The van der Waals surface area contributed by atoms with Gasteiger partial charge >= 0.3 is 5.97 Å². The number of phenols is 1. The molecule has 2 rings (SSSR count). The fourth-order valence-corrected chi connectivity index (χ4v) is 3.51. The molecule has 0 aromatic heterocycles. The molecule has 0 bridgehead atoms. The van der Waals surface area contributed by atoms with Crippen molar-refractivity contribution in [1.29, 1.82) is 0 Å². The van der Waals surface area contributed by atoms with Gasteiger partial charge in [-0.05, 0) is 53.7 Å². The Kier molecular flexibility index (Phi) is 3.90. The molecule has 3 nitrogen and oxygen atoms in total. The van der Waals surface area contributed by atoms with Crippen molar-refractivity contribution in [2.75, 3.05) is 0 Å². The Morgan fingerprint density at radius 1 is 1.26 bits per heavy atom. The Balaban J connectivity index is 2.64. The molecule has 1 aliphatic rings. The van der Waals surface area contributed by atoms with Crippen molar-refractivity contribution in [3.8, 4) is 5.75 Å². The summed E-state index contributed by atoms with van der Waals surface area (Å²) >= 11 is 3.38. The third-order valence-corrected chi connectivity index (χ3v) is 5.35. The number of hydrogen-bond acceptors (Lipinski definition) is 2. The normalized spacial score (nSPS) is 18.3. The zero-order valence-electron chi connectivity index (χ0n) is 11.3. The van der Waals surface area contributed by atoms with E-state index < -0.39 is 11.4 Å². The van der Waals surface area contributed by atoms with Crippen LogP contribution in [0, 0.1) is 13.8 Å². The van der Waals surface area contributed by atoms with Gasteiger partial charge in [0.1, 0.15) is 5.75 Å². The molecule has 0 heterocycles. The van der Waals surface area contributed by atoms with Gasteiger partial charge in [0.05, 0.1) is 9.89 Å². The second-order valence-corrected chi connectivity index (χ2v) is 6.27. The van der Waals surface area contributed by atoms with E-state index in [1.165, 1.54) is 0 Å². The minimum atomic E-state index is -0.927. The molecule has 4 heteroatoms. The number of aliphatic carboxylic acids is 1. The maximum absolute atomic E-state index is 11.8. The number of hydrogen-bond donors (Lipinski definition) is 2. The first-order valence-electron chi connectivity index (χ1n) is 6.62. The van der Waals surface area contributed by atoms with E-state index in [1.807, 2.05) is 19.9 Å². The van der Waals surface area contributed by atoms with E-state index in [2.05, 4.69) is 15.9 Å². The smallest absolute Gasteiger partial charge is 0.314 e. The van der Waals surface area contributed by atoms with Crippen molar-refractivity contribution in [3.63, 3.8) is 0 Å². The average molecular weight is 327 g/mol. The SMILES string of the molecule is Cc1cc(C2(C(=O)O)CCCCC2)c(O)c(Br)c1C. The van der Waals surface area contributed by atoms with Crippen molar-refractivity contribution < 1.29 is 15.0 Å². The molecule has 1 fully saturated rings. The lowest BCUT2D eigenvalue weighted by atomic mass is 9.68. The van der Waals surface area contributed by atoms with Crippen molar-refractivity contribution in [3.05, 3.63) is 27.2 Å². The molecule has 1 aliphatic carbocycles. The number of carboxylic acid groups (broad SMARTS) is 1. The summed E-state index contributed by atoms with van der Waals surface area (Å²) in [5, 5.41) is 20.1. The average Bonchev–Trinajstić information content (AvgIpc) is 2.41. The Bertz CT molecular complexity index is 517. The highest BCUT2D eigenvalue weighted by atomic mass is 79.9. The van der Waals surface area contributed by atoms with Crippen molar-refractivity contribution in [2.45, 2.75) is 51.4 Å². The summed E-state index contributed by atoms with van der Waals surface area (Å²) in [5.74, 6) is -0.731. The molecule has 1 aromatic carbocycles. The number of phenolic OH excluding ortho intramolecular Hbond substituents is 1. The fourth-order valence-electron chi connectivity index (χ4n) is 2.98. The Hall–Kier alpha value is -1.03. The van der Waals surface area contributed by atoms with Gasteiger partial charge in [-0.25, -0.2) is 0 Å². The number of aromatic hydroxyl groups is 1. The molecular weight excluding hydrogens is 308 g/mol. The van der Waals surface area contributed by atoms with Gasteiger partial charge in [-0.15, -0.1) is 0 Å². The van der Waals surface area contributed by atoms with Gasteiger partial charge in [-0.3, -0.25) is 4.79 Å². The van der Waals surface area contributed by atoms with Gasteiger partial charge in [0.15, 0.2) is 0 Å². The van der Waals surface area contributed by atoms with Gasteiger partial charge in [0, 0.05) is 5.56 Å². The van der Waals surface area contributed by atoms with Gasteiger partial charge < -0.3 is 10.2 Å². The predicted octanol–water partition coefficient (Wildman–Crippen LogP) is 4.06. The Labute approximate surface area is 121 Å². The summed E-state index contributed by atoms with van der Waals surface area (Å²) in [7, 11) is 0. The van der Waals surface area contributed by atoms with Crippen molar-refractivity contribution in [1.82, 2.24) is 0 Å². The number of halogens is 1. The quantitative estimate of drug-likeness (QED) is 0.861. The molecule has 19 heavy (non-hydrogen) atoms. The summed E-state index contributed by atoms with van der Waals surface area (Å²) in [4.78, 5) is 11.8. The van der Waals surface area contributed by atoms with Crippen LogP contribution in [0.1, 0.15) is 48.8 Å². The monoisotopic (exact) mass is 326 g/mol. The van der Waals surface area contributed by atoms with Crippen LogP contribution in [0.5, 0.6) is 5.75 Å². The third-order valence-electron chi connectivity index (χ3n) is 4.38. The van der Waals surface area contributed by atoms with Crippen LogP contribution in [0.15, 0.2) is 10.5 Å². The van der Waals surface area contributed by atoms with Crippen LogP contribution in [0.4, 0.5) is 0 Å². The van der Waals surface area contributed by atoms with Crippen LogP contribution in [0.2, 0.25) is 0 Å². The van der Waals surface area contributed by atoms with E-state index in [-0.39, 0.29) is 5.75 Å². The van der Waals surface area contributed by atoms with E-state index in [4.69, 9.17) is 0 Å².